The van der Waals surface area contributed by atoms with Crippen molar-refractivity contribution >= 4 is 44.5 Å². The fourth-order valence-electron chi connectivity index (χ4n) is 8.68. The highest BCUT2D eigenvalue weighted by Gasteiger charge is 2.63. The van der Waals surface area contributed by atoms with Crippen LogP contribution >= 0.6 is 0 Å². The molecular formula is C41H51F2N3O8S. The van der Waals surface area contributed by atoms with Gasteiger partial charge in [-0.2, -0.15) is 0 Å². The predicted molar refractivity (Wildman–Crippen MR) is 199 cm³/mol. The normalized spacial score (nSPS) is 29.7. The van der Waals surface area contributed by atoms with Crippen molar-refractivity contribution < 1.29 is 45.9 Å². The highest BCUT2D eigenvalue weighted by molar-refractivity contribution is 7.91. The van der Waals surface area contributed by atoms with Crippen molar-refractivity contribution in [2.75, 3.05) is 13.2 Å². The smallest absolute Gasteiger partial charge is 0.306 e. The highest BCUT2D eigenvalue weighted by Crippen LogP contribution is 2.58. The highest BCUT2D eigenvalue weighted by atomic mass is 32.2. The van der Waals surface area contributed by atoms with Crippen LogP contribution in [0.5, 0.6) is 5.75 Å². The molecule has 1 saturated heterocycles. The van der Waals surface area contributed by atoms with Gasteiger partial charge >= 0.3 is 5.97 Å². The summed E-state index contributed by atoms with van der Waals surface area (Å²) in [5.74, 6) is -4.59. The summed E-state index contributed by atoms with van der Waals surface area (Å²) in [6.45, 7) is 7.39. The van der Waals surface area contributed by atoms with E-state index in [1.165, 1.54) is 4.90 Å². The van der Waals surface area contributed by atoms with Gasteiger partial charge in [-0.3, -0.25) is 23.9 Å². The lowest BCUT2D eigenvalue weighted by atomic mass is 9.85. The lowest BCUT2D eigenvalue weighted by molar-refractivity contribution is -0.151. The molecule has 11 nitrogen and oxygen atoms in total. The van der Waals surface area contributed by atoms with E-state index in [1.54, 1.807) is 13.8 Å². The SMILES string of the molecule is Cc1nc2cc(F)c(F)cc2c2c1O[C@]1(CC2)C[C@H]2C(=O)C[C@]3(C(=O)NS(=O)(=O)C4(C)CC4)C[C@H]3/C=C\CCCCC[C@H](CC(=O)OCC(C)C)C(=O)N2C1. The Bertz CT molecular complexity index is 2070. The number of benzene rings is 1. The number of amides is 2. The number of ketones is 1. The van der Waals surface area contributed by atoms with Crippen LogP contribution in [0, 0.1) is 41.7 Å². The van der Waals surface area contributed by atoms with Gasteiger partial charge in [-0.25, -0.2) is 22.2 Å². The van der Waals surface area contributed by atoms with Gasteiger partial charge in [0, 0.05) is 35.8 Å². The van der Waals surface area contributed by atoms with Crippen LogP contribution in [0.15, 0.2) is 24.3 Å². The number of pyridine rings is 1. The van der Waals surface area contributed by atoms with Crippen LogP contribution < -0.4 is 9.46 Å². The van der Waals surface area contributed by atoms with Crippen LogP contribution in [0.3, 0.4) is 0 Å². The van der Waals surface area contributed by atoms with E-state index >= 15 is 0 Å². The third kappa shape index (κ3) is 7.64. The van der Waals surface area contributed by atoms with Crippen LogP contribution in [0.1, 0.15) is 109 Å². The van der Waals surface area contributed by atoms with E-state index in [0.29, 0.717) is 72.9 Å². The molecule has 3 fully saturated rings. The first-order chi connectivity index (χ1) is 26.0. The molecule has 55 heavy (non-hydrogen) atoms. The third-order valence-corrected chi connectivity index (χ3v) is 14.7. The van der Waals surface area contributed by atoms with Crippen molar-refractivity contribution in [2.45, 2.75) is 128 Å². The number of nitrogens with one attached hydrogen (secondary N) is 1. The standard InChI is InChI=1S/C41H51F2N3O8S/c1-24(2)22-53-35(48)16-26-10-8-6-5-7-9-11-27-19-41(27,38(50)45-55(51,52)39(4)14-15-39)21-34(47)33-20-40(23-46(33)37(26)49)13-12-28-29-17-30(42)31(43)18-32(29)44-25(3)36(28)54-40/h9,11,17-18,24,26-27,33H,5-8,10,12-16,19-23H2,1-4H3,(H,45,50)/b11-9-/t26-,27-,33+,40-,41-/m1/s1. The van der Waals surface area contributed by atoms with Gasteiger partial charge < -0.3 is 14.4 Å². The lowest BCUT2D eigenvalue weighted by Crippen LogP contribution is -2.48. The van der Waals surface area contributed by atoms with Gasteiger partial charge in [0.25, 0.3) is 0 Å². The molecule has 3 aliphatic heterocycles. The summed E-state index contributed by atoms with van der Waals surface area (Å²) in [7, 11) is -3.97. The first-order valence-corrected chi connectivity index (χ1v) is 21.1. The fraction of sp³-hybridized carbons (Fsp3) is 0.634. The lowest BCUT2D eigenvalue weighted by Gasteiger charge is -2.36. The van der Waals surface area contributed by atoms with Crippen molar-refractivity contribution in [3.05, 3.63) is 47.2 Å². The van der Waals surface area contributed by atoms with E-state index in [4.69, 9.17) is 9.47 Å². The minimum absolute atomic E-state index is 0.0176. The number of carbonyl (C=O) groups is 4. The molecule has 2 aromatic rings. The van der Waals surface area contributed by atoms with Crippen molar-refractivity contribution in [3.8, 4) is 5.75 Å². The number of fused-ring (bicyclic) bond motifs is 5. The van der Waals surface area contributed by atoms with Crippen molar-refractivity contribution in [2.24, 2.45) is 23.2 Å². The molecule has 1 spiro atoms. The number of aromatic nitrogens is 1. The molecular weight excluding hydrogens is 733 g/mol. The second-order valence-electron chi connectivity index (χ2n) is 17.3. The Hall–Kier alpha value is -3.94. The molecule has 5 atom stereocenters. The Kier molecular flexibility index (Phi) is 10.4. The second-order valence-corrected chi connectivity index (χ2v) is 19.5. The van der Waals surface area contributed by atoms with Gasteiger partial charge in [0.15, 0.2) is 17.4 Å². The molecule has 14 heteroatoms. The number of esters is 1. The molecule has 2 amide bonds. The molecule has 4 heterocycles. The Morgan fingerprint density at radius 3 is 2.56 bits per heavy atom. The van der Waals surface area contributed by atoms with E-state index in [0.717, 1.165) is 31.4 Å². The molecule has 1 aromatic carbocycles. The zero-order chi connectivity index (χ0) is 39.5. The Morgan fingerprint density at radius 2 is 1.84 bits per heavy atom. The zero-order valence-electron chi connectivity index (χ0n) is 32.0. The Morgan fingerprint density at radius 1 is 1.09 bits per heavy atom. The van der Waals surface area contributed by atoms with E-state index < -0.39 is 61.3 Å². The van der Waals surface area contributed by atoms with Crippen LogP contribution in [0.2, 0.25) is 0 Å². The number of hydrogen-bond acceptors (Lipinski definition) is 9. The van der Waals surface area contributed by atoms with Gasteiger partial charge in [-0.1, -0.05) is 38.8 Å². The monoisotopic (exact) mass is 783 g/mol. The summed E-state index contributed by atoms with van der Waals surface area (Å²) in [6, 6.07) is 1.14. The maximum atomic E-state index is 14.7. The van der Waals surface area contributed by atoms with Gasteiger partial charge in [-0.15, -0.1) is 0 Å². The molecule has 0 unspecified atom stereocenters. The van der Waals surface area contributed by atoms with E-state index in [2.05, 4.69) is 9.71 Å². The number of allylic oxidation sites excluding steroid dienone is 2. The molecule has 7 rings (SSSR count). The number of nitrogens with zero attached hydrogens (tertiary/aromatic N) is 2. The minimum atomic E-state index is -3.97. The summed E-state index contributed by atoms with van der Waals surface area (Å²) in [5.41, 5.74) is -0.948. The van der Waals surface area contributed by atoms with E-state index in [9.17, 15) is 36.4 Å². The molecule has 1 N–H and O–H groups in total. The molecule has 5 aliphatic rings. The van der Waals surface area contributed by atoms with Crippen LogP contribution in [0.4, 0.5) is 8.78 Å². The van der Waals surface area contributed by atoms with Gasteiger partial charge in [0.1, 0.15) is 11.4 Å². The predicted octanol–water partition coefficient (Wildman–Crippen LogP) is 6.18. The van der Waals surface area contributed by atoms with Crippen molar-refractivity contribution in [1.82, 2.24) is 14.6 Å². The molecule has 2 saturated carbocycles. The number of ether oxygens (including phenoxy) is 2. The van der Waals surface area contributed by atoms with E-state index in [1.807, 2.05) is 26.0 Å². The van der Waals surface area contributed by atoms with Crippen molar-refractivity contribution in [3.63, 3.8) is 0 Å². The molecule has 0 radical (unpaired) electrons. The molecule has 0 bridgehead atoms. The summed E-state index contributed by atoms with van der Waals surface area (Å²) < 4.78 is 68.5. The number of Topliss-reactive ketones (excluding diaryl/α,β-unsaturated/α-hetero) is 1. The maximum absolute atomic E-state index is 14.7. The number of rotatable bonds is 7. The van der Waals surface area contributed by atoms with Crippen LogP contribution in [-0.2, 0) is 40.4 Å². The second kappa shape index (κ2) is 14.5. The van der Waals surface area contributed by atoms with Crippen molar-refractivity contribution in [1.29, 1.82) is 0 Å². The average Bonchev–Trinajstić information content (AvgIpc) is 4.02. The summed E-state index contributed by atoms with van der Waals surface area (Å²) in [5, 5.41) is 0.421. The summed E-state index contributed by atoms with van der Waals surface area (Å²) >= 11 is 0. The number of halogens is 2. The summed E-state index contributed by atoms with van der Waals surface area (Å²) in [4.78, 5) is 62.5. The quantitative estimate of drug-likeness (QED) is 0.257. The zero-order valence-corrected chi connectivity index (χ0v) is 32.9. The van der Waals surface area contributed by atoms with Gasteiger partial charge in [0.2, 0.25) is 21.8 Å². The Labute approximate surface area is 321 Å². The van der Waals surface area contributed by atoms with Gasteiger partial charge in [0.05, 0.1) is 47.0 Å². The molecule has 1 aromatic heterocycles. The number of sulfonamides is 1. The van der Waals surface area contributed by atoms with Crippen LogP contribution in [0.25, 0.3) is 10.9 Å². The van der Waals surface area contributed by atoms with Crippen LogP contribution in [-0.4, -0.2) is 71.4 Å². The summed E-state index contributed by atoms with van der Waals surface area (Å²) in [6.07, 6.45) is 8.87. The number of hydrogen-bond donors (Lipinski definition) is 1. The third-order valence-electron chi connectivity index (χ3n) is 12.5. The fourth-order valence-corrected chi connectivity index (χ4v) is 10.0. The maximum Gasteiger partial charge on any atom is 0.306 e. The molecule has 2 aliphatic carbocycles. The Balaban J connectivity index is 1.23. The largest absolute Gasteiger partial charge is 0.483 e. The first kappa shape index (κ1) is 39.3. The number of aryl methyl sites for hydroxylation is 2. The number of carbonyl (C=O) groups excluding carboxylic acids is 4. The molecule has 298 valence electrons. The van der Waals surface area contributed by atoms with Gasteiger partial charge in [-0.05, 0) is 83.1 Å². The average molecular weight is 784 g/mol. The first-order valence-electron chi connectivity index (χ1n) is 19.7. The minimum Gasteiger partial charge on any atom is -0.483 e. The topological polar surface area (TPSA) is 149 Å². The van der Waals surface area contributed by atoms with E-state index in [-0.39, 0.29) is 55.9 Å².